The smallest absolute Gasteiger partial charge is 0.0233 e. The maximum absolute atomic E-state index is 3.55. The van der Waals surface area contributed by atoms with Crippen molar-refractivity contribution in [2.45, 2.75) is 33.2 Å². The van der Waals surface area contributed by atoms with Crippen LogP contribution >= 0.6 is 0 Å². The number of hydrogen-bond acceptors (Lipinski definition) is 2. The molecular formula is C18H28N2. The molecule has 2 heteroatoms. The van der Waals surface area contributed by atoms with E-state index < -0.39 is 0 Å². The summed E-state index contributed by atoms with van der Waals surface area (Å²) in [5.74, 6) is 2.58. The first-order valence-electron chi connectivity index (χ1n) is 8.21. The molecule has 0 saturated carbocycles. The molecule has 2 heterocycles. The van der Waals surface area contributed by atoms with Gasteiger partial charge in [-0.05, 0) is 61.4 Å². The van der Waals surface area contributed by atoms with Gasteiger partial charge in [0.1, 0.15) is 0 Å². The number of hydrogen-bond donors (Lipinski definition) is 1. The second-order valence-corrected chi connectivity index (χ2v) is 7.12. The Kier molecular flexibility index (Phi) is 4.42. The molecular weight excluding hydrogens is 244 g/mol. The Bertz CT molecular complexity index is 424. The average molecular weight is 272 g/mol. The zero-order valence-corrected chi connectivity index (χ0v) is 12.9. The molecule has 2 aliphatic rings. The van der Waals surface area contributed by atoms with Crippen LogP contribution in [0.4, 0.5) is 0 Å². The summed E-state index contributed by atoms with van der Waals surface area (Å²) in [5, 5.41) is 3.55. The van der Waals surface area contributed by atoms with Crippen molar-refractivity contribution in [2.24, 2.45) is 17.8 Å². The van der Waals surface area contributed by atoms with Crippen LogP contribution in [0.15, 0.2) is 24.3 Å². The molecule has 2 saturated heterocycles. The van der Waals surface area contributed by atoms with E-state index in [9.17, 15) is 0 Å². The number of fused-ring (bicyclic) bond motifs is 1. The molecule has 0 radical (unpaired) electrons. The van der Waals surface area contributed by atoms with E-state index in [0.29, 0.717) is 0 Å². The van der Waals surface area contributed by atoms with Crippen LogP contribution in [-0.4, -0.2) is 31.1 Å². The minimum atomic E-state index is 0.745. The van der Waals surface area contributed by atoms with Crippen molar-refractivity contribution < 1.29 is 0 Å². The molecule has 110 valence electrons. The molecule has 1 aromatic rings. The first-order chi connectivity index (χ1) is 9.70. The van der Waals surface area contributed by atoms with Crippen LogP contribution in [0, 0.1) is 17.8 Å². The summed E-state index contributed by atoms with van der Waals surface area (Å²) >= 11 is 0. The van der Waals surface area contributed by atoms with E-state index in [1.165, 1.54) is 50.1 Å². The van der Waals surface area contributed by atoms with Crippen molar-refractivity contribution in [3.8, 4) is 0 Å². The summed E-state index contributed by atoms with van der Waals surface area (Å²) in [7, 11) is 0. The van der Waals surface area contributed by atoms with Crippen LogP contribution in [0.5, 0.6) is 0 Å². The fraction of sp³-hybridized carbons (Fsp3) is 0.667. The van der Waals surface area contributed by atoms with Gasteiger partial charge in [0, 0.05) is 13.1 Å². The Morgan fingerprint density at radius 2 is 1.80 bits per heavy atom. The van der Waals surface area contributed by atoms with E-state index in [1.807, 2.05) is 0 Å². The van der Waals surface area contributed by atoms with E-state index in [2.05, 4.69) is 48.3 Å². The van der Waals surface area contributed by atoms with E-state index >= 15 is 0 Å². The monoisotopic (exact) mass is 272 g/mol. The third-order valence-corrected chi connectivity index (χ3v) is 4.86. The molecule has 2 aliphatic heterocycles. The van der Waals surface area contributed by atoms with Gasteiger partial charge >= 0.3 is 0 Å². The number of nitrogens with zero attached hydrogens (tertiary/aromatic N) is 1. The van der Waals surface area contributed by atoms with Crippen molar-refractivity contribution in [3.05, 3.63) is 35.4 Å². The highest BCUT2D eigenvalue weighted by Gasteiger charge is 2.32. The maximum Gasteiger partial charge on any atom is 0.0233 e. The SMILES string of the molecule is CC(C)Cc1ccc(CN2CCC3CNCC3C2)cc1. The van der Waals surface area contributed by atoms with Crippen LogP contribution in [0.3, 0.4) is 0 Å². The van der Waals surface area contributed by atoms with Crippen LogP contribution in [0.2, 0.25) is 0 Å². The van der Waals surface area contributed by atoms with Gasteiger partial charge in [0.25, 0.3) is 0 Å². The van der Waals surface area contributed by atoms with E-state index in [1.54, 1.807) is 0 Å². The van der Waals surface area contributed by atoms with E-state index in [4.69, 9.17) is 0 Å². The zero-order valence-electron chi connectivity index (χ0n) is 12.9. The fourth-order valence-corrected chi connectivity index (χ4v) is 3.76. The van der Waals surface area contributed by atoms with Crippen molar-refractivity contribution in [1.82, 2.24) is 10.2 Å². The molecule has 20 heavy (non-hydrogen) atoms. The van der Waals surface area contributed by atoms with Crippen molar-refractivity contribution in [1.29, 1.82) is 0 Å². The Morgan fingerprint density at radius 1 is 1.10 bits per heavy atom. The molecule has 0 aromatic heterocycles. The molecule has 1 N–H and O–H groups in total. The molecule has 2 fully saturated rings. The Balaban J connectivity index is 1.55. The molecule has 0 spiro atoms. The second kappa shape index (κ2) is 6.28. The highest BCUT2D eigenvalue weighted by molar-refractivity contribution is 5.23. The summed E-state index contributed by atoms with van der Waals surface area (Å²) in [4.78, 5) is 2.64. The van der Waals surface area contributed by atoms with Gasteiger partial charge in [-0.2, -0.15) is 0 Å². The normalized spacial score (nSPS) is 26.9. The minimum absolute atomic E-state index is 0.745. The van der Waals surface area contributed by atoms with Crippen LogP contribution < -0.4 is 5.32 Å². The number of benzene rings is 1. The summed E-state index contributed by atoms with van der Waals surface area (Å²) in [5.41, 5.74) is 2.95. The van der Waals surface area contributed by atoms with Gasteiger partial charge in [0.2, 0.25) is 0 Å². The number of piperidine rings is 1. The number of rotatable bonds is 4. The number of nitrogens with one attached hydrogen (secondary N) is 1. The highest BCUT2D eigenvalue weighted by Crippen LogP contribution is 2.27. The zero-order chi connectivity index (χ0) is 13.9. The third-order valence-electron chi connectivity index (χ3n) is 4.86. The lowest BCUT2D eigenvalue weighted by Gasteiger charge is -2.34. The molecule has 0 aliphatic carbocycles. The molecule has 2 atom stereocenters. The van der Waals surface area contributed by atoms with Gasteiger partial charge < -0.3 is 5.32 Å². The van der Waals surface area contributed by atoms with Crippen LogP contribution in [0.1, 0.15) is 31.4 Å². The molecule has 0 amide bonds. The van der Waals surface area contributed by atoms with E-state index in [-0.39, 0.29) is 0 Å². The second-order valence-electron chi connectivity index (χ2n) is 7.12. The summed E-state index contributed by atoms with van der Waals surface area (Å²) < 4.78 is 0. The molecule has 0 bridgehead atoms. The van der Waals surface area contributed by atoms with Gasteiger partial charge in [-0.3, -0.25) is 4.90 Å². The highest BCUT2D eigenvalue weighted by atomic mass is 15.1. The topological polar surface area (TPSA) is 15.3 Å². The van der Waals surface area contributed by atoms with Gasteiger partial charge in [-0.25, -0.2) is 0 Å². The molecule has 2 nitrogen and oxygen atoms in total. The third kappa shape index (κ3) is 3.42. The molecule has 1 aromatic carbocycles. The van der Waals surface area contributed by atoms with Crippen LogP contribution in [0.25, 0.3) is 0 Å². The minimum Gasteiger partial charge on any atom is -0.316 e. The molecule has 3 rings (SSSR count). The Hall–Kier alpha value is -0.860. The van der Waals surface area contributed by atoms with E-state index in [0.717, 1.165) is 24.3 Å². The largest absolute Gasteiger partial charge is 0.316 e. The first kappa shape index (κ1) is 14.1. The standard InChI is InChI=1S/C18H28N2/c1-14(2)9-15-3-5-16(6-4-15)12-20-8-7-17-10-19-11-18(17)13-20/h3-6,14,17-19H,7-13H2,1-2H3. The lowest BCUT2D eigenvalue weighted by Crippen LogP contribution is -2.39. The van der Waals surface area contributed by atoms with Crippen molar-refractivity contribution in [2.75, 3.05) is 26.2 Å². The predicted octanol–water partition coefficient (Wildman–Crippen LogP) is 2.93. The van der Waals surface area contributed by atoms with Gasteiger partial charge in [-0.1, -0.05) is 38.1 Å². The lowest BCUT2D eigenvalue weighted by atomic mass is 9.88. The summed E-state index contributed by atoms with van der Waals surface area (Å²) in [6, 6.07) is 9.30. The van der Waals surface area contributed by atoms with Gasteiger partial charge in [0.05, 0.1) is 0 Å². The predicted molar refractivity (Wildman–Crippen MR) is 84.7 cm³/mol. The quantitative estimate of drug-likeness (QED) is 0.906. The Labute approximate surface area is 123 Å². The van der Waals surface area contributed by atoms with Crippen molar-refractivity contribution in [3.63, 3.8) is 0 Å². The maximum atomic E-state index is 3.55. The van der Waals surface area contributed by atoms with Crippen molar-refractivity contribution >= 4 is 0 Å². The summed E-state index contributed by atoms with van der Waals surface area (Å²) in [6.45, 7) is 10.7. The molecule has 2 unspecified atom stereocenters. The van der Waals surface area contributed by atoms with Gasteiger partial charge in [0.15, 0.2) is 0 Å². The van der Waals surface area contributed by atoms with Gasteiger partial charge in [-0.15, -0.1) is 0 Å². The summed E-state index contributed by atoms with van der Waals surface area (Å²) in [6.07, 6.45) is 2.57. The fourth-order valence-electron chi connectivity index (χ4n) is 3.76. The lowest BCUT2D eigenvalue weighted by molar-refractivity contribution is 0.142. The Morgan fingerprint density at radius 3 is 2.55 bits per heavy atom. The average Bonchev–Trinajstić information content (AvgIpc) is 2.88. The first-order valence-corrected chi connectivity index (χ1v) is 8.21. The van der Waals surface area contributed by atoms with Crippen LogP contribution in [-0.2, 0) is 13.0 Å². The number of likely N-dealkylation sites (tertiary alicyclic amines) is 1.